The fourth-order valence-corrected chi connectivity index (χ4v) is 2.73. The first kappa shape index (κ1) is 12.2. The Balaban J connectivity index is 3.15. The lowest BCUT2D eigenvalue weighted by Gasteiger charge is -2.40. The SMILES string of the molecule is CC(C)(C)C(c1ccccn1)C(C)(C)C. The third-order valence-corrected chi connectivity index (χ3v) is 2.72. The van der Waals surface area contributed by atoms with Crippen LogP contribution in [-0.2, 0) is 0 Å². The fourth-order valence-electron chi connectivity index (χ4n) is 2.73. The Morgan fingerprint density at radius 2 is 1.47 bits per heavy atom. The van der Waals surface area contributed by atoms with Crippen LogP contribution in [0.1, 0.15) is 53.2 Å². The summed E-state index contributed by atoms with van der Waals surface area (Å²) in [7, 11) is 0. The molecule has 84 valence electrons. The zero-order valence-corrected chi connectivity index (χ0v) is 10.8. The molecule has 0 aliphatic carbocycles. The van der Waals surface area contributed by atoms with E-state index in [1.807, 2.05) is 12.3 Å². The molecule has 0 unspecified atom stereocenters. The van der Waals surface area contributed by atoms with Crippen molar-refractivity contribution in [2.24, 2.45) is 10.8 Å². The Hall–Kier alpha value is -0.850. The van der Waals surface area contributed by atoms with Gasteiger partial charge in [0.25, 0.3) is 0 Å². The predicted octanol–water partition coefficient (Wildman–Crippen LogP) is 4.26. The monoisotopic (exact) mass is 205 g/mol. The third-order valence-electron chi connectivity index (χ3n) is 2.72. The number of aromatic nitrogens is 1. The van der Waals surface area contributed by atoms with Crippen molar-refractivity contribution in [3.63, 3.8) is 0 Å². The van der Waals surface area contributed by atoms with Crippen LogP contribution in [0.25, 0.3) is 0 Å². The fraction of sp³-hybridized carbons (Fsp3) is 0.643. The molecule has 0 atom stereocenters. The van der Waals surface area contributed by atoms with Gasteiger partial charge in [-0.3, -0.25) is 4.98 Å². The molecule has 0 aromatic carbocycles. The van der Waals surface area contributed by atoms with Crippen LogP contribution < -0.4 is 0 Å². The van der Waals surface area contributed by atoms with E-state index < -0.39 is 0 Å². The highest BCUT2D eigenvalue weighted by Gasteiger charge is 2.36. The second-order valence-electron chi connectivity index (χ2n) is 6.42. The van der Waals surface area contributed by atoms with E-state index in [9.17, 15) is 0 Å². The summed E-state index contributed by atoms with van der Waals surface area (Å²) < 4.78 is 0. The first-order chi connectivity index (χ1) is 6.73. The van der Waals surface area contributed by atoms with E-state index in [4.69, 9.17) is 0 Å². The topological polar surface area (TPSA) is 12.9 Å². The molecule has 1 aromatic rings. The molecule has 1 rings (SSSR count). The molecule has 1 aromatic heterocycles. The van der Waals surface area contributed by atoms with E-state index in [2.05, 4.69) is 58.7 Å². The molecule has 1 nitrogen and oxygen atoms in total. The smallest absolute Gasteiger partial charge is 0.0444 e. The number of rotatable bonds is 1. The van der Waals surface area contributed by atoms with E-state index in [0.717, 1.165) is 0 Å². The van der Waals surface area contributed by atoms with Gasteiger partial charge in [-0.1, -0.05) is 47.6 Å². The van der Waals surface area contributed by atoms with Gasteiger partial charge in [-0.15, -0.1) is 0 Å². The molecule has 1 heteroatoms. The van der Waals surface area contributed by atoms with Gasteiger partial charge in [0.15, 0.2) is 0 Å². The molecule has 1 heterocycles. The van der Waals surface area contributed by atoms with Crippen molar-refractivity contribution in [3.05, 3.63) is 30.1 Å². The van der Waals surface area contributed by atoms with Crippen LogP contribution in [0, 0.1) is 10.8 Å². The van der Waals surface area contributed by atoms with Gasteiger partial charge in [0, 0.05) is 17.8 Å². The van der Waals surface area contributed by atoms with Crippen molar-refractivity contribution >= 4 is 0 Å². The zero-order chi connectivity index (χ0) is 11.7. The maximum Gasteiger partial charge on any atom is 0.0444 e. The molecule has 0 saturated carbocycles. The minimum absolute atomic E-state index is 0.243. The normalized spacial score (nSPS) is 13.3. The highest BCUT2D eigenvalue weighted by atomic mass is 14.7. The number of hydrogen-bond acceptors (Lipinski definition) is 1. The molecule has 0 saturated heterocycles. The van der Waals surface area contributed by atoms with Gasteiger partial charge in [-0.25, -0.2) is 0 Å². The maximum absolute atomic E-state index is 4.51. The molecular weight excluding hydrogens is 182 g/mol. The Morgan fingerprint density at radius 3 is 1.80 bits per heavy atom. The summed E-state index contributed by atoms with van der Waals surface area (Å²) in [6.45, 7) is 13.7. The summed E-state index contributed by atoms with van der Waals surface area (Å²) in [6, 6.07) is 6.19. The van der Waals surface area contributed by atoms with Crippen LogP contribution in [0.4, 0.5) is 0 Å². The lowest BCUT2D eigenvalue weighted by molar-refractivity contribution is 0.172. The summed E-state index contributed by atoms with van der Waals surface area (Å²) in [5, 5.41) is 0. The van der Waals surface area contributed by atoms with E-state index in [1.165, 1.54) is 5.69 Å². The average molecular weight is 205 g/mol. The van der Waals surface area contributed by atoms with Crippen molar-refractivity contribution < 1.29 is 0 Å². The van der Waals surface area contributed by atoms with Crippen molar-refractivity contribution in [2.45, 2.75) is 47.5 Å². The Kier molecular flexibility index (Phi) is 3.22. The van der Waals surface area contributed by atoms with Crippen molar-refractivity contribution in [3.8, 4) is 0 Å². The van der Waals surface area contributed by atoms with Gasteiger partial charge in [-0.2, -0.15) is 0 Å². The van der Waals surface area contributed by atoms with Crippen LogP contribution in [-0.4, -0.2) is 4.98 Å². The lowest BCUT2D eigenvalue weighted by atomic mass is 9.65. The van der Waals surface area contributed by atoms with E-state index >= 15 is 0 Å². The molecule has 0 bridgehead atoms. The summed E-state index contributed by atoms with van der Waals surface area (Å²) in [6.07, 6.45) is 1.89. The Bertz CT molecular complexity index is 286. The van der Waals surface area contributed by atoms with Gasteiger partial charge < -0.3 is 0 Å². The van der Waals surface area contributed by atoms with Crippen LogP contribution in [0.2, 0.25) is 0 Å². The molecular formula is C14H23N. The van der Waals surface area contributed by atoms with Crippen molar-refractivity contribution in [2.75, 3.05) is 0 Å². The number of hydrogen-bond donors (Lipinski definition) is 0. The summed E-state index contributed by atoms with van der Waals surface area (Å²) in [5.74, 6) is 0.478. The Morgan fingerprint density at radius 1 is 0.933 bits per heavy atom. The molecule has 0 aliphatic rings. The lowest BCUT2D eigenvalue weighted by Crippen LogP contribution is -2.31. The first-order valence-corrected chi connectivity index (χ1v) is 5.64. The van der Waals surface area contributed by atoms with Crippen LogP contribution >= 0.6 is 0 Å². The Labute approximate surface area is 93.9 Å². The molecule has 15 heavy (non-hydrogen) atoms. The zero-order valence-electron chi connectivity index (χ0n) is 10.8. The standard InChI is InChI=1S/C14H23N/c1-13(2,3)12(14(4,5)6)11-9-7-8-10-15-11/h7-10,12H,1-6H3. The van der Waals surface area contributed by atoms with Crippen LogP contribution in [0.5, 0.6) is 0 Å². The van der Waals surface area contributed by atoms with Gasteiger partial charge in [0.05, 0.1) is 0 Å². The molecule has 0 fully saturated rings. The van der Waals surface area contributed by atoms with Gasteiger partial charge in [-0.05, 0) is 23.0 Å². The van der Waals surface area contributed by atoms with E-state index in [-0.39, 0.29) is 10.8 Å². The quantitative estimate of drug-likeness (QED) is 0.667. The second-order valence-corrected chi connectivity index (χ2v) is 6.42. The largest absolute Gasteiger partial charge is 0.261 e. The number of nitrogens with zero attached hydrogens (tertiary/aromatic N) is 1. The molecule has 0 aliphatic heterocycles. The highest BCUT2D eigenvalue weighted by molar-refractivity contribution is 5.15. The maximum atomic E-state index is 4.51. The van der Waals surface area contributed by atoms with Crippen molar-refractivity contribution in [1.29, 1.82) is 0 Å². The molecule has 0 N–H and O–H groups in total. The highest BCUT2D eigenvalue weighted by Crippen LogP contribution is 2.46. The molecule has 0 radical (unpaired) electrons. The summed E-state index contributed by atoms with van der Waals surface area (Å²) >= 11 is 0. The first-order valence-electron chi connectivity index (χ1n) is 5.64. The predicted molar refractivity (Wildman–Crippen MR) is 65.9 cm³/mol. The average Bonchev–Trinajstić information content (AvgIpc) is 2.00. The van der Waals surface area contributed by atoms with Crippen molar-refractivity contribution in [1.82, 2.24) is 4.98 Å². The second kappa shape index (κ2) is 3.96. The van der Waals surface area contributed by atoms with E-state index in [0.29, 0.717) is 5.92 Å². The molecule has 0 amide bonds. The molecule has 0 spiro atoms. The van der Waals surface area contributed by atoms with Gasteiger partial charge in [0.1, 0.15) is 0 Å². The minimum atomic E-state index is 0.243. The minimum Gasteiger partial charge on any atom is -0.261 e. The third kappa shape index (κ3) is 3.05. The summed E-state index contributed by atoms with van der Waals surface area (Å²) in [5.41, 5.74) is 1.69. The van der Waals surface area contributed by atoms with Gasteiger partial charge >= 0.3 is 0 Å². The van der Waals surface area contributed by atoms with E-state index in [1.54, 1.807) is 0 Å². The summed E-state index contributed by atoms with van der Waals surface area (Å²) in [4.78, 5) is 4.51. The van der Waals surface area contributed by atoms with Crippen LogP contribution in [0.15, 0.2) is 24.4 Å². The number of pyridine rings is 1. The van der Waals surface area contributed by atoms with Gasteiger partial charge in [0.2, 0.25) is 0 Å². The van der Waals surface area contributed by atoms with Crippen LogP contribution in [0.3, 0.4) is 0 Å².